The lowest BCUT2D eigenvalue weighted by Gasteiger charge is -2.09. The molecule has 0 bridgehead atoms. The number of nitro groups is 1. The molecule has 118 valence electrons. The summed E-state index contributed by atoms with van der Waals surface area (Å²) in [5, 5.41) is 20.4. The van der Waals surface area contributed by atoms with Gasteiger partial charge in [0.05, 0.1) is 16.1 Å². The Bertz CT molecular complexity index is 742. The summed E-state index contributed by atoms with van der Waals surface area (Å²) >= 11 is 0. The molecule has 0 aliphatic carbocycles. The zero-order valence-corrected chi connectivity index (χ0v) is 12.2. The van der Waals surface area contributed by atoms with Gasteiger partial charge in [-0.05, 0) is 24.6 Å². The minimum atomic E-state index is -3.88. The highest BCUT2D eigenvalue weighted by atomic mass is 32.2. The third kappa shape index (κ3) is 3.91. The molecule has 1 unspecified atom stereocenters. The molecule has 0 radical (unpaired) electrons. The lowest BCUT2D eigenvalue weighted by atomic mass is 10.2. The molecule has 0 aliphatic heterocycles. The highest BCUT2D eigenvalue weighted by Gasteiger charge is 2.18. The summed E-state index contributed by atoms with van der Waals surface area (Å²) < 4.78 is 31.4. The van der Waals surface area contributed by atoms with Crippen LogP contribution < -0.4 is 4.72 Å². The van der Waals surface area contributed by atoms with Crippen LogP contribution in [0.2, 0.25) is 0 Å². The number of furan rings is 1. The third-order valence-corrected chi connectivity index (χ3v) is 4.38. The van der Waals surface area contributed by atoms with Crippen LogP contribution in [0.5, 0.6) is 0 Å². The SMILES string of the molecule is O=[N+]([O-])c1cccc(S(=O)(=O)NCCC(O)c2ccco2)c1. The van der Waals surface area contributed by atoms with Crippen LogP contribution in [0.25, 0.3) is 0 Å². The van der Waals surface area contributed by atoms with E-state index in [9.17, 15) is 23.6 Å². The second-order valence-corrected chi connectivity index (χ2v) is 6.24. The Morgan fingerprint density at radius 3 is 2.73 bits per heavy atom. The Morgan fingerprint density at radius 1 is 1.32 bits per heavy atom. The minimum Gasteiger partial charge on any atom is -0.467 e. The Hall–Kier alpha value is -2.23. The fourth-order valence-electron chi connectivity index (χ4n) is 1.80. The van der Waals surface area contributed by atoms with Gasteiger partial charge in [-0.15, -0.1) is 0 Å². The van der Waals surface area contributed by atoms with Gasteiger partial charge in [-0.25, -0.2) is 13.1 Å². The topological polar surface area (TPSA) is 123 Å². The molecule has 2 N–H and O–H groups in total. The molecule has 0 amide bonds. The lowest BCUT2D eigenvalue weighted by molar-refractivity contribution is -0.385. The normalized spacial score (nSPS) is 13.0. The highest BCUT2D eigenvalue weighted by molar-refractivity contribution is 7.89. The van der Waals surface area contributed by atoms with Crippen LogP contribution in [0.15, 0.2) is 52.0 Å². The molecule has 1 heterocycles. The van der Waals surface area contributed by atoms with Crippen molar-refractivity contribution in [2.75, 3.05) is 6.54 Å². The second kappa shape index (κ2) is 6.69. The van der Waals surface area contributed by atoms with Crippen molar-refractivity contribution in [3.05, 3.63) is 58.5 Å². The third-order valence-electron chi connectivity index (χ3n) is 2.92. The summed E-state index contributed by atoms with van der Waals surface area (Å²) in [5.74, 6) is 0.342. The van der Waals surface area contributed by atoms with Crippen molar-refractivity contribution in [1.82, 2.24) is 4.72 Å². The van der Waals surface area contributed by atoms with Gasteiger partial charge in [-0.2, -0.15) is 0 Å². The Morgan fingerprint density at radius 2 is 2.09 bits per heavy atom. The van der Waals surface area contributed by atoms with E-state index < -0.39 is 21.1 Å². The maximum absolute atomic E-state index is 12.0. The molecule has 2 rings (SSSR count). The number of nitro benzene ring substituents is 1. The molecule has 2 aromatic rings. The first-order valence-corrected chi connectivity index (χ1v) is 7.84. The zero-order valence-electron chi connectivity index (χ0n) is 11.4. The van der Waals surface area contributed by atoms with Crippen molar-refractivity contribution in [2.45, 2.75) is 17.4 Å². The minimum absolute atomic E-state index is 0.0348. The van der Waals surface area contributed by atoms with Crippen LogP contribution in [0.3, 0.4) is 0 Å². The standard InChI is InChI=1S/C13H14N2O6S/c16-12(13-5-2-8-21-13)6-7-14-22(19,20)11-4-1-3-10(9-11)15(17)18/h1-5,8-9,12,14,16H,6-7H2. The van der Waals surface area contributed by atoms with Crippen molar-refractivity contribution in [3.8, 4) is 0 Å². The average Bonchev–Trinajstić information content (AvgIpc) is 3.01. The predicted octanol–water partition coefficient (Wildman–Crippen LogP) is 1.59. The molecule has 0 saturated carbocycles. The molecule has 22 heavy (non-hydrogen) atoms. The molecule has 1 atom stereocenters. The van der Waals surface area contributed by atoms with Gasteiger partial charge in [-0.1, -0.05) is 6.07 Å². The fraction of sp³-hybridized carbons (Fsp3) is 0.231. The summed E-state index contributed by atoms with van der Waals surface area (Å²) in [6.45, 7) is -0.0348. The van der Waals surface area contributed by atoms with Crippen LogP contribution >= 0.6 is 0 Å². The van der Waals surface area contributed by atoms with E-state index in [2.05, 4.69) is 4.72 Å². The van der Waals surface area contributed by atoms with Crippen LogP contribution in [0.4, 0.5) is 5.69 Å². The number of aliphatic hydroxyl groups is 1. The molecule has 9 heteroatoms. The van der Waals surface area contributed by atoms with Gasteiger partial charge in [-0.3, -0.25) is 10.1 Å². The van der Waals surface area contributed by atoms with Gasteiger partial charge >= 0.3 is 0 Å². The van der Waals surface area contributed by atoms with Crippen molar-refractivity contribution in [3.63, 3.8) is 0 Å². The van der Waals surface area contributed by atoms with Crippen molar-refractivity contribution >= 4 is 15.7 Å². The van der Waals surface area contributed by atoms with E-state index in [1.165, 1.54) is 24.5 Å². The Kier molecular flexibility index (Phi) is 4.91. The largest absolute Gasteiger partial charge is 0.467 e. The number of hydrogen-bond donors (Lipinski definition) is 2. The predicted molar refractivity (Wildman–Crippen MR) is 76.6 cm³/mol. The van der Waals surface area contributed by atoms with E-state index >= 15 is 0 Å². The van der Waals surface area contributed by atoms with E-state index in [1.807, 2.05) is 0 Å². The number of benzene rings is 1. The quantitative estimate of drug-likeness (QED) is 0.588. The van der Waals surface area contributed by atoms with Crippen molar-refractivity contribution in [1.29, 1.82) is 0 Å². The van der Waals surface area contributed by atoms with Gasteiger partial charge in [0.1, 0.15) is 11.9 Å². The van der Waals surface area contributed by atoms with Gasteiger partial charge in [0.25, 0.3) is 5.69 Å². The van der Waals surface area contributed by atoms with E-state index in [0.717, 1.165) is 6.07 Å². The van der Waals surface area contributed by atoms with Crippen LogP contribution in [0, 0.1) is 10.1 Å². The maximum atomic E-state index is 12.0. The number of hydrogen-bond acceptors (Lipinski definition) is 6. The zero-order chi connectivity index (χ0) is 16.2. The fourth-order valence-corrected chi connectivity index (χ4v) is 2.89. The summed E-state index contributed by atoms with van der Waals surface area (Å²) in [6, 6.07) is 7.94. The molecule has 8 nitrogen and oxygen atoms in total. The van der Waals surface area contributed by atoms with Crippen LogP contribution in [0.1, 0.15) is 18.3 Å². The van der Waals surface area contributed by atoms with Crippen molar-refractivity contribution < 1.29 is 22.9 Å². The molecule has 0 fully saturated rings. The molecule has 1 aromatic carbocycles. The summed E-state index contributed by atoms with van der Waals surface area (Å²) in [7, 11) is -3.88. The smallest absolute Gasteiger partial charge is 0.270 e. The van der Waals surface area contributed by atoms with Gasteiger partial charge in [0.15, 0.2) is 0 Å². The lowest BCUT2D eigenvalue weighted by Crippen LogP contribution is -2.26. The number of nitrogens with one attached hydrogen (secondary N) is 1. The van der Waals surface area contributed by atoms with E-state index in [0.29, 0.717) is 5.76 Å². The van der Waals surface area contributed by atoms with Gasteiger partial charge in [0, 0.05) is 18.7 Å². The molecular formula is C13H14N2O6S. The Balaban J connectivity index is 1.99. The second-order valence-electron chi connectivity index (χ2n) is 4.47. The number of rotatable bonds is 7. The molecule has 0 aliphatic rings. The number of sulfonamides is 1. The maximum Gasteiger partial charge on any atom is 0.270 e. The monoisotopic (exact) mass is 326 g/mol. The van der Waals surface area contributed by atoms with E-state index in [4.69, 9.17) is 4.42 Å². The van der Waals surface area contributed by atoms with Crippen molar-refractivity contribution in [2.24, 2.45) is 0 Å². The summed E-state index contributed by atoms with van der Waals surface area (Å²) in [4.78, 5) is 9.79. The first-order valence-electron chi connectivity index (χ1n) is 6.36. The Labute approximate surface area is 126 Å². The van der Waals surface area contributed by atoms with E-state index in [-0.39, 0.29) is 23.5 Å². The number of aliphatic hydroxyl groups excluding tert-OH is 1. The van der Waals surface area contributed by atoms with Gasteiger partial charge < -0.3 is 9.52 Å². The first-order chi connectivity index (χ1) is 10.4. The molecule has 0 spiro atoms. The van der Waals surface area contributed by atoms with E-state index in [1.54, 1.807) is 12.1 Å². The molecule has 0 saturated heterocycles. The highest BCUT2D eigenvalue weighted by Crippen LogP contribution is 2.18. The molecule has 1 aromatic heterocycles. The first kappa shape index (κ1) is 16.1. The van der Waals surface area contributed by atoms with Crippen LogP contribution in [-0.2, 0) is 10.0 Å². The average molecular weight is 326 g/mol. The molecular weight excluding hydrogens is 312 g/mol. The summed E-state index contributed by atoms with van der Waals surface area (Å²) in [5.41, 5.74) is -0.307. The summed E-state index contributed by atoms with van der Waals surface area (Å²) in [6.07, 6.45) is 0.593. The number of nitrogens with zero attached hydrogens (tertiary/aromatic N) is 1. The number of non-ortho nitro benzene ring substituents is 1. The van der Waals surface area contributed by atoms with Crippen LogP contribution in [-0.4, -0.2) is 25.0 Å². The van der Waals surface area contributed by atoms with Gasteiger partial charge in [0.2, 0.25) is 10.0 Å².